The van der Waals surface area contributed by atoms with Gasteiger partial charge < -0.3 is 10.1 Å². The molecule has 0 aromatic heterocycles. The van der Waals surface area contributed by atoms with Crippen LogP contribution in [0, 0.1) is 0 Å². The number of nitrogens with one attached hydrogen (secondary N) is 1. The monoisotopic (exact) mass is 262 g/mol. The van der Waals surface area contributed by atoms with Crippen LogP contribution in [0.5, 0.6) is 0 Å². The second kappa shape index (κ2) is 5.30. The lowest BCUT2D eigenvalue weighted by Crippen LogP contribution is -2.40. The number of ether oxygens (including phenoxy) is 1. The summed E-state index contributed by atoms with van der Waals surface area (Å²) in [6.45, 7) is 4.33. The number of nitrogens with zero attached hydrogens (tertiary/aromatic N) is 1. The quantitative estimate of drug-likeness (QED) is 0.908. The van der Waals surface area contributed by atoms with Crippen molar-refractivity contribution >= 4 is 17.7 Å². The Labute approximate surface area is 112 Å². The zero-order valence-electron chi connectivity index (χ0n) is 11.3. The zero-order valence-corrected chi connectivity index (χ0v) is 11.3. The van der Waals surface area contributed by atoms with E-state index in [4.69, 9.17) is 4.74 Å². The molecule has 1 heterocycles. The van der Waals surface area contributed by atoms with Crippen LogP contribution in [0.2, 0.25) is 0 Å². The molecular weight excluding hydrogens is 244 g/mol. The molecule has 1 aromatic rings. The van der Waals surface area contributed by atoms with Crippen LogP contribution in [-0.2, 0) is 9.53 Å². The summed E-state index contributed by atoms with van der Waals surface area (Å²) in [6.07, 6.45) is -0.463. The van der Waals surface area contributed by atoms with Gasteiger partial charge in [0.15, 0.2) is 0 Å². The minimum atomic E-state index is -0.558. The number of benzene rings is 1. The standard InChI is InChI=1S/C14H18N2O3/c1-9(2)10-4-6-11(7-5-10)15-13(17)12-8-19-14(18)16(12)3/h4-7,9,12H,8H2,1-3H3,(H,15,17). The van der Waals surface area contributed by atoms with Crippen LogP contribution in [0.25, 0.3) is 0 Å². The van der Waals surface area contributed by atoms with Gasteiger partial charge in [-0.3, -0.25) is 9.69 Å². The molecule has 1 saturated heterocycles. The number of hydrogen-bond acceptors (Lipinski definition) is 3. The Bertz CT molecular complexity index is 482. The van der Waals surface area contributed by atoms with Crippen LogP contribution in [0.15, 0.2) is 24.3 Å². The van der Waals surface area contributed by atoms with Gasteiger partial charge in [-0.05, 0) is 23.6 Å². The van der Waals surface area contributed by atoms with E-state index in [0.717, 1.165) is 5.69 Å². The topological polar surface area (TPSA) is 58.6 Å². The Hall–Kier alpha value is -2.04. The van der Waals surface area contributed by atoms with Crippen molar-refractivity contribution in [1.29, 1.82) is 0 Å². The molecule has 1 unspecified atom stereocenters. The molecule has 0 saturated carbocycles. The molecule has 1 atom stereocenters. The van der Waals surface area contributed by atoms with Crippen molar-refractivity contribution in [2.75, 3.05) is 19.0 Å². The number of anilines is 1. The van der Waals surface area contributed by atoms with E-state index in [2.05, 4.69) is 19.2 Å². The zero-order chi connectivity index (χ0) is 14.0. The fourth-order valence-corrected chi connectivity index (χ4v) is 1.92. The van der Waals surface area contributed by atoms with Crippen molar-refractivity contribution in [3.8, 4) is 0 Å². The Morgan fingerprint density at radius 2 is 2.00 bits per heavy atom. The molecule has 0 aliphatic carbocycles. The number of amides is 2. The van der Waals surface area contributed by atoms with Gasteiger partial charge in [0.2, 0.25) is 0 Å². The average Bonchev–Trinajstić information content (AvgIpc) is 2.70. The van der Waals surface area contributed by atoms with E-state index < -0.39 is 12.1 Å². The summed E-state index contributed by atoms with van der Waals surface area (Å²) < 4.78 is 4.81. The molecule has 2 rings (SSSR count). The van der Waals surface area contributed by atoms with Gasteiger partial charge in [-0.2, -0.15) is 0 Å². The Morgan fingerprint density at radius 3 is 2.47 bits per heavy atom. The molecular formula is C14H18N2O3. The van der Waals surface area contributed by atoms with Crippen LogP contribution in [0.3, 0.4) is 0 Å². The fourth-order valence-electron chi connectivity index (χ4n) is 1.92. The largest absolute Gasteiger partial charge is 0.447 e. The van der Waals surface area contributed by atoms with Crippen molar-refractivity contribution in [1.82, 2.24) is 4.90 Å². The molecule has 1 aliphatic rings. The van der Waals surface area contributed by atoms with Crippen molar-refractivity contribution in [2.45, 2.75) is 25.8 Å². The van der Waals surface area contributed by atoms with Gasteiger partial charge in [-0.1, -0.05) is 26.0 Å². The Balaban J connectivity index is 2.01. The third-order valence-electron chi connectivity index (χ3n) is 3.27. The Kier molecular flexibility index (Phi) is 3.74. The molecule has 0 bridgehead atoms. The van der Waals surface area contributed by atoms with Crippen LogP contribution < -0.4 is 5.32 Å². The number of likely N-dealkylation sites (N-methyl/N-ethyl adjacent to an activating group) is 1. The van der Waals surface area contributed by atoms with E-state index in [-0.39, 0.29) is 12.5 Å². The lowest BCUT2D eigenvalue weighted by Gasteiger charge is -2.16. The summed E-state index contributed by atoms with van der Waals surface area (Å²) in [6, 6.07) is 7.15. The molecule has 0 radical (unpaired) electrons. The molecule has 2 amide bonds. The first-order valence-electron chi connectivity index (χ1n) is 6.29. The van der Waals surface area contributed by atoms with E-state index in [1.54, 1.807) is 7.05 Å². The average molecular weight is 262 g/mol. The normalized spacial score (nSPS) is 18.6. The summed E-state index contributed by atoms with van der Waals surface area (Å²) in [5.41, 5.74) is 1.94. The van der Waals surface area contributed by atoms with E-state index in [1.807, 2.05) is 24.3 Å². The SMILES string of the molecule is CC(C)c1ccc(NC(=O)C2COC(=O)N2C)cc1. The highest BCUT2D eigenvalue weighted by molar-refractivity contribution is 5.97. The summed E-state index contributed by atoms with van der Waals surface area (Å²) in [7, 11) is 1.56. The molecule has 5 nitrogen and oxygen atoms in total. The maximum absolute atomic E-state index is 12.0. The minimum Gasteiger partial charge on any atom is -0.447 e. The maximum atomic E-state index is 12.0. The molecule has 5 heteroatoms. The van der Waals surface area contributed by atoms with Crippen molar-refractivity contribution in [3.63, 3.8) is 0 Å². The summed E-state index contributed by atoms with van der Waals surface area (Å²) >= 11 is 0. The molecule has 1 aromatic carbocycles. The number of cyclic esters (lactones) is 1. The molecule has 19 heavy (non-hydrogen) atoms. The third kappa shape index (κ3) is 2.86. The molecule has 0 spiro atoms. The van der Waals surface area contributed by atoms with E-state index in [0.29, 0.717) is 5.92 Å². The van der Waals surface area contributed by atoms with Gasteiger partial charge in [0.1, 0.15) is 12.6 Å². The highest BCUT2D eigenvalue weighted by atomic mass is 16.6. The maximum Gasteiger partial charge on any atom is 0.410 e. The van der Waals surface area contributed by atoms with Crippen LogP contribution in [0.4, 0.5) is 10.5 Å². The van der Waals surface area contributed by atoms with Crippen molar-refractivity contribution in [3.05, 3.63) is 29.8 Å². The van der Waals surface area contributed by atoms with Gasteiger partial charge in [0.05, 0.1) is 0 Å². The number of carbonyl (C=O) groups excluding carboxylic acids is 2. The lowest BCUT2D eigenvalue weighted by atomic mass is 10.0. The fraction of sp³-hybridized carbons (Fsp3) is 0.429. The minimum absolute atomic E-state index is 0.102. The van der Waals surface area contributed by atoms with Gasteiger partial charge in [-0.15, -0.1) is 0 Å². The number of hydrogen-bond donors (Lipinski definition) is 1. The van der Waals surface area contributed by atoms with E-state index in [1.165, 1.54) is 10.5 Å². The summed E-state index contributed by atoms with van der Waals surface area (Å²) in [5.74, 6) is 0.224. The van der Waals surface area contributed by atoms with Crippen LogP contribution >= 0.6 is 0 Å². The van der Waals surface area contributed by atoms with Crippen LogP contribution in [-0.4, -0.2) is 36.6 Å². The predicted molar refractivity (Wildman–Crippen MR) is 72.1 cm³/mol. The smallest absolute Gasteiger partial charge is 0.410 e. The second-order valence-electron chi connectivity index (χ2n) is 4.97. The highest BCUT2D eigenvalue weighted by Gasteiger charge is 2.35. The highest BCUT2D eigenvalue weighted by Crippen LogP contribution is 2.18. The summed E-state index contributed by atoms with van der Waals surface area (Å²) in [4.78, 5) is 24.5. The first kappa shape index (κ1) is 13.4. The van der Waals surface area contributed by atoms with Crippen molar-refractivity contribution < 1.29 is 14.3 Å². The van der Waals surface area contributed by atoms with Gasteiger partial charge in [0.25, 0.3) is 5.91 Å². The number of carbonyl (C=O) groups is 2. The van der Waals surface area contributed by atoms with E-state index in [9.17, 15) is 9.59 Å². The Morgan fingerprint density at radius 1 is 1.37 bits per heavy atom. The van der Waals surface area contributed by atoms with Gasteiger partial charge >= 0.3 is 6.09 Å². The molecule has 102 valence electrons. The summed E-state index contributed by atoms with van der Waals surface area (Å²) in [5, 5.41) is 2.79. The number of rotatable bonds is 3. The molecule has 1 fully saturated rings. The first-order chi connectivity index (χ1) is 8.99. The van der Waals surface area contributed by atoms with Crippen molar-refractivity contribution in [2.24, 2.45) is 0 Å². The second-order valence-corrected chi connectivity index (χ2v) is 4.97. The third-order valence-corrected chi connectivity index (χ3v) is 3.27. The van der Waals surface area contributed by atoms with Gasteiger partial charge in [0, 0.05) is 12.7 Å². The van der Waals surface area contributed by atoms with E-state index >= 15 is 0 Å². The predicted octanol–water partition coefficient (Wildman–Crippen LogP) is 2.20. The lowest BCUT2D eigenvalue weighted by molar-refractivity contribution is -0.119. The van der Waals surface area contributed by atoms with Gasteiger partial charge in [-0.25, -0.2) is 4.79 Å². The molecule has 1 aliphatic heterocycles. The van der Waals surface area contributed by atoms with Crippen LogP contribution in [0.1, 0.15) is 25.3 Å². The molecule has 1 N–H and O–H groups in total. The first-order valence-corrected chi connectivity index (χ1v) is 6.29.